The van der Waals surface area contributed by atoms with Gasteiger partial charge in [0.1, 0.15) is 17.2 Å². The molecule has 2 aromatic rings. The van der Waals surface area contributed by atoms with Crippen LogP contribution in [0.25, 0.3) is 0 Å². The Balaban J connectivity index is 0.00000338. The molecule has 0 aromatic carbocycles. The van der Waals surface area contributed by atoms with Gasteiger partial charge in [-0.3, -0.25) is 0 Å². The fraction of sp³-hybridized carbons (Fsp3) is 0.556. The highest BCUT2D eigenvalue weighted by atomic mass is 127. The SMILES string of the molecule is CCNC(=NCC(C)(O)c1ccco1)NCCCCn1ccnc1C.I. The number of aliphatic hydroxyl groups is 1. The molecule has 0 aliphatic rings. The van der Waals surface area contributed by atoms with Crippen LogP contribution in [-0.4, -0.2) is 40.3 Å². The lowest BCUT2D eigenvalue weighted by molar-refractivity contribution is 0.0437. The van der Waals surface area contributed by atoms with Gasteiger partial charge in [-0.1, -0.05) is 0 Å². The quantitative estimate of drug-likeness (QED) is 0.225. The Kier molecular flexibility index (Phi) is 9.71. The molecule has 146 valence electrons. The summed E-state index contributed by atoms with van der Waals surface area (Å²) in [4.78, 5) is 8.70. The minimum atomic E-state index is -1.12. The third kappa shape index (κ3) is 6.99. The number of aryl methyl sites for hydroxylation is 2. The zero-order valence-electron chi connectivity index (χ0n) is 15.7. The zero-order chi connectivity index (χ0) is 18.1. The predicted molar refractivity (Wildman–Crippen MR) is 114 cm³/mol. The van der Waals surface area contributed by atoms with Crippen LogP contribution in [0.15, 0.2) is 40.2 Å². The van der Waals surface area contributed by atoms with Crippen molar-refractivity contribution in [3.63, 3.8) is 0 Å². The van der Waals surface area contributed by atoms with E-state index < -0.39 is 5.60 Å². The van der Waals surface area contributed by atoms with Crippen molar-refractivity contribution in [2.75, 3.05) is 19.6 Å². The Hall–Kier alpha value is -1.55. The molecule has 26 heavy (non-hydrogen) atoms. The number of guanidine groups is 1. The molecule has 0 radical (unpaired) electrons. The van der Waals surface area contributed by atoms with Crippen molar-refractivity contribution in [3.05, 3.63) is 42.4 Å². The number of unbranched alkanes of at least 4 members (excludes halogenated alkanes) is 1. The van der Waals surface area contributed by atoms with Crippen molar-refractivity contribution >= 4 is 29.9 Å². The average molecular weight is 475 g/mol. The summed E-state index contributed by atoms with van der Waals surface area (Å²) in [5, 5.41) is 17.0. The van der Waals surface area contributed by atoms with Crippen molar-refractivity contribution in [1.29, 1.82) is 0 Å². The molecule has 0 amide bonds. The maximum atomic E-state index is 10.5. The first-order chi connectivity index (χ1) is 12.0. The second kappa shape index (κ2) is 11.2. The Morgan fingerprint density at radius 2 is 2.19 bits per heavy atom. The van der Waals surface area contributed by atoms with Crippen molar-refractivity contribution in [3.8, 4) is 0 Å². The first kappa shape index (κ1) is 22.5. The number of hydrogen-bond donors (Lipinski definition) is 3. The molecular formula is C18H30IN5O2. The van der Waals surface area contributed by atoms with Crippen LogP contribution in [-0.2, 0) is 12.1 Å². The van der Waals surface area contributed by atoms with Gasteiger partial charge in [0.25, 0.3) is 0 Å². The molecule has 0 saturated carbocycles. The molecule has 1 unspecified atom stereocenters. The second-order valence-corrected chi connectivity index (χ2v) is 6.25. The lowest BCUT2D eigenvalue weighted by atomic mass is 10.0. The van der Waals surface area contributed by atoms with Gasteiger partial charge in [0.05, 0.1) is 12.8 Å². The molecule has 0 saturated heterocycles. The van der Waals surface area contributed by atoms with Crippen LogP contribution < -0.4 is 10.6 Å². The summed E-state index contributed by atoms with van der Waals surface area (Å²) >= 11 is 0. The maximum absolute atomic E-state index is 10.5. The van der Waals surface area contributed by atoms with E-state index in [-0.39, 0.29) is 30.5 Å². The number of nitrogens with zero attached hydrogens (tertiary/aromatic N) is 3. The number of aromatic nitrogens is 2. The molecular weight excluding hydrogens is 445 g/mol. The number of rotatable bonds is 9. The summed E-state index contributed by atoms with van der Waals surface area (Å²) in [7, 11) is 0. The molecule has 0 aliphatic heterocycles. The summed E-state index contributed by atoms with van der Waals surface area (Å²) in [5.74, 6) is 2.26. The van der Waals surface area contributed by atoms with E-state index in [0.29, 0.717) is 11.7 Å². The van der Waals surface area contributed by atoms with Gasteiger partial charge in [0.15, 0.2) is 5.96 Å². The van der Waals surface area contributed by atoms with E-state index in [1.54, 1.807) is 25.3 Å². The van der Waals surface area contributed by atoms with E-state index in [1.807, 2.05) is 26.2 Å². The highest BCUT2D eigenvalue weighted by molar-refractivity contribution is 14.0. The highest BCUT2D eigenvalue weighted by Crippen LogP contribution is 2.20. The summed E-state index contributed by atoms with van der Waals surface area (Å²) in [6.07, 6.45) is 7.47. The highest BCUT2D eigenvalue weighted by Gasteiger charge is 2.25. The molecule has 2 aromatic heterocycles. The van der Waals surface area contributed by atoms with Crippen LogP contribution in [0.1, 0.15) is 38.3 Å². The summed E-state index contributed by atoms with van der Waals surface area (Å²) in [6, 6.07) is 3.52. The number of nitrogens with one attached hydrogen (secondary N) is 2. The standard InChI is InChI=1S/C18H29N5O2.HI/c1-4-19-17(22-14-18(3,24)16-8-7-13-25-16)21-9-5-6-11-23-12-10-20-15(23)2;/h7-8,10,12-13,24H,4-6,9,11,14H2,1-3H3,(H2,19,21,22);1H. The molecule has 0 bridgehead atoms. The van der Waals surface area contributed by atoms with Crippen molar-refractivity contribution in [2.24, 2.45) is 4.99 Å². The Bertz CT molecular complexity index is 652. The summed E-state index contributed by atoms with van der Waals surface area (Å²) in [5.41, 5.74) is -1.12. The van der Waals surface area contributed by atoms with Gasteiger partial charge in [-0.15, -0.1) is 24.0 Å². The van der Waals surface area contributed by atoms with Crippen LogP contribution in [0.4, 0.5) is 0 Å². The molecule has 0 spiro atoms. The molecule has 3 N–H and O–H groups in total. The zero-order valence-corrected chi connectivity index (χ0v) is 18.1. The van der Waals surface area contributed by atoms with E-state index in [9.17, 15) is 5.11 Å². The van der Waals surface area contributed by atoms with Crippen LogP contribution >= 0.6 is 24.0 Å². The minimum absolute atomic E-state index is 0. The molecule has 2 rings (SSSR count). The van der Waals surface area contributed by atoms with E-state index in [1.165, 1.54) is 0 Å². The van der Waals surface area contributed by atoms with E-state index in [0.717, 1.165) is 38.3 Å². The van der Waals surface area contributed by atoms with Crippen molar-refractivity contribution < 1.29 is 9.52 Å². The van der Waals surface area contributed by atoms with Gasteiger partial charge in [-0.25, -0.2) is 9.98 Å². The first-order valence-electron chi connectivity index (χ1n) is 8.79. The molecule has 0 fully saturated rings. The Labute approximate surface area is 172 Å². The lowest BCUT2D eigenvalue weighted by Crippen LogP contribution is -2.39. The van der Waals surface area contributed by atoms with E-state index in [4.69, 9.17) is 4.42 Å². The second-order valence-electron chi connectivity index (χ2n) is 6.25. The van der Waals surface area contributed by atoms with Gasteiger partial charge >= 0.3 is 0 Å². The van der Waals surface area contributed by atoms with Crippen LogP contribution in [0, 0.1) is 6.92 Å². The average Bonchev–Trinajstić information content (AvgIpc) is 3.25. The number of furan rings is 1. The van der Waals surface area contributed by atoms with E-state index in [2.05, 4.69) is 25.2 Å². The van der Waals surface area contributed by atoms with Gasteiger partial charge in [0, 0.05) is 32.0 Å². The summed E-state index contributed by atoms with van der Waals surface area (Å²) in [6.45, 7) is 8.51. The number of imidazole rings is 1. The van der Waals surface area contributed by atoms with Crippen molar-refractivity contribution in [1.82, 2.24) is 20.2 Å². The Morgan fingerprint density at radius 1 is 1.38 bits per heavy atom. The third-order valence-corrected chi connectivity index (χ3v) is 3.98. The third-order valence-electron chi connectivity index (χ3n) is 3.98. The fourth-order valence-corrected chi connectivity index (χ4v) is 2.49. The monoisotopic (exact) mass is 475 g/mol. The smallest absolute Gasteiger partial charge is 0.191 e. The summed E-state index contributed by atoms with van der Waals surface area (Å²) < 4.78 is 7.43. The van der Waals surface area contributed by atoms with Gasteiger partial charge in [0.2, 0.25) is 0 Å². The van der Waals surface area contributed by atoms with Gasteiger partial charge in [-0.05, 0) is 45.7 Å². The molecule has 7 nitrogen and oxygen atoms in total. The largest absolute Gasteiger partial charge is 0.466 e. The number of halogens is 1. The lowest BCUT2D eigenvalue weighted by Gasteiger charge is -2.19. The molecule has 2 heterocycles. The molecule has 1 atom stereocenters. The first-order valence-corrected chi connectivity index (χ1v) is 8.79. The van der Waals surface area contributed by atoms with Crippen molar-refractivity contribution in [2.45, 2.75) is 45.8 Å². The predicted octanol–water partition coefficient (Wildman–Crippen LogP) is 2.65. The van der Waals surface area contributed by atoms with Gasteiger partial charge < -0.3 is 24.7 Å². The Morgan fingerprint density at radius 3 is 2.81 bits per heavy atom. The fourth-order valence-electron chi connectivity index (χ4n) is 2.49. The number of aliphatic imine (C=N–C) groups is 1. The van der Waals surface area contributed by atoms with Crippen LogP contribution in [0.5, 0.6) is 0 Å². The topological polar surface area (TPSA) is 87.6 Å². The normalized spacial score (nSPS) is 13.8. The maximum Gasteiger partial charge on any atom is 0.191 e. The van der Waals surface area contributed by atoms with E-state index >= 15 is 0 Å². The van der Waals surface area contributed by atoms with Crippen LogP contribution in [0.2, 0.25) is 0 Å². The molecule has 0 aliphatic carbocycles. The minimum Gasteiger partial charge on any atom is -0.466 e. The van der Waals surface area contributed by atoms with Gasteiger partial charge in [-0.2, -0.15) is 0 Å². The van der Waals surface area contributed by atoms with Crippen LogP contribution in [0.3, 0.4) is 0 Å². The molecule has 8 heteroatoms. The number of hydrogen-bond acceptors (Lipinski definition) is 4.